The highest BCUT2D eigenvalue weighted by Gasteiger charge is 2.24. The number of rotatable bonds is 4. The zero-order chi connectivity index (χ0) is 12.3. The number of piperazine rings is 1. The fourth-order valence-corrected chi connectivity index (χ4v) is 2.39. The molecule has 3 nitrogen and oxygen atoms in total. The molecule has 19 heavy (non-hydrogen) atoms. The Morgan fingerprint density at radius 2 is 2.05 bits per heavy atom. The molecule has 1 fully saturated rings. The molecule has 1 atom stereocenters. The average Bonchev–Trinajstić information content (AvgIpc) is 2.73. The first-order chi connectivity index (χ1) is 8.16. The fourth-order valence-electron chi connectivity index (χ4n) is 2.24. The van der Waals surface area contributed by atoms with Crippen LogP contribution in [0.3, 0.4) is 0 Å². The Balaban J connectivity index is 0.00000162. The van der Waals surface area contributed by atoms with Crippen LogP contribution in [0.4, 0.5) is 0 Å². The number of hydrogen-bond donors (Lipinski definition) is 1. The molecule has 1 aromatic rings. The second kappa shape index (κ2) is 8.88. The second-order valence-electron chi connectivity index (χ2n) is 4.60. The van der Waals surface area contributed by atoms with Gasteiger partial charge in [0.25, 0.3) is 0 Å². The van der Waals surface area contributed by atoms with Gasteiger partial charge >= 0.3 is 0 Å². The summed E-state index contributed by atoms with van der Waals surface area (Å²) in [5.41, 5.74) is 1.17. The summed E-state index contributed by atoms with van der Waals surface area (Å²) < 4.78 is 5.56. The molecule has 0 aliphatic carbocycles. The molecule has 2 rings (SSSR count). The van der Waals surface area contributed by atoms with Crippen LogP contribution >= 0.6 is 36.4 Å². The lowest BCUT2D eigenvalue weighted by Gasteiger charge is -2.33. The van der Waals surface area contributed by atoms with E-state index >= 15 is 0 Å². The van der Waals surface area contributed by atoms with Crippen molar-refractivity contribution in [2.45, 2.75) is 19.4 Å². The Hall–Kier alpha value is -0.190. The molecule has 0 saturated carbocycles. The third-order valence-electron chi connectivity index (χ3n) is 3.06. The molecule has 0 bridgehead atoms. The summed E-state index contributed by atoms with van der Waals surface area (Å²) >= 11 is 5.86. The van der Waals surface area contributed by atoms with Gasteiger partial charge in [0.15, 0.2) is 5.22 Å². The largest absolute Gasteiger partial charge is 0.448 e. The van der Waals surface area contributed by atoms with Gasteiger partial charge in [-0.15, -0.1) is 31.4 Å². The zero-order valence-corrected chi connectivity index (χ0v) is 13.4. The van der Waals surface area contributed by atoms with E-state index in [1.165, 1.54) is 5.57 Å². The van der Waals surface area contributed by atoms with Gasteiger partial charge in [-0.2, -0.15) is 0 Å². The smallest absolute Gasteiger partial charge is 0.193 e. The molecule has 6 heteroatoms. The van der Waals surface area contributed by atoms with Crippen molar-refractivity contribution in [1.82, 2.24) is 10.2 Å². The summed E-state index contributed by atoms with van der Waals surface area (Å²) in [6.07, 6.45) is 0.920. The third kappa shape index (κ3) is 5.36. The minimum Gasteiger partial charge on any atom is -0.448 e. The van der Waals surface area contributed by atoms with E-state index in [-0.39, 0.29) is 30.9 Å². The molecule has 1 aromatic heterocycles. The van der Waals surface area contributed by atoms with Crippen LogP contribution in [-0.4, -0.2) is 31.1 Å². The van der Waals surface area contributed by atoms with Crippen molar-refractivity contribution < 1.29 is 4.42 Å². The van der Waals surface area contributed by atoms with Crippen molar-refractivity contribution in [3.63, 3.8) is 0 Å². The fraction of sp³-hybridized carbons (Fsp3) is 0.538. The number of hydrogen-bond acceptors (Lipinski definition) is 3. The SMILES string of the molecule is C=C(C)C[C@H](c1ccc(Cl)o1)N1CCNCC1.Cl.Cl. The monoisotopic (exact) mass is 326 g/mol. The van der Waals surface area contributed by atoms with Gasteiger partial charge in [0.2, 0.25) is 0 Å². The van der Waals surface area contributed by atoms with Gasteiger partial charge in [-0.1, -0.05) is 5.57 Å². The first-order valence-electron chi connectivity index (χ1n) is 6.01. The quantitative estimate of drug-likeness (QED) is 0.855. The maximum atomic E-state index is 5.86. The van der Waals surface area contributed by atoms with Gasteiger partial charge in [-0.25, -0.2) is 0 Å². The summed E-state index contributed by atoms with van der Waals surface area (Å²) in [5, 5.41) is 3.82. The van der Waals surface area contributed by atoms with E-state index in [2.05, 4.69) is 23.7 Å². The van der Waals surface area contributed by atoms with E-state index in [1.54, 1.807) is 0 Å². The van der Waals surface area contributed by atoms with Gasteiger partial charge in [-0.3, -0.25) is 4.90 Å². The minimum absolute atomic E-state index is 0. The zero-order valence-electron chi connectivity index (χ0n) is 11.0. The van der Waals surface area contributed by atoms with Crippen molar-refractivity contribution in [3.8, 4) is 0 Å². The average molecular weight is 328 g/mol. The van der Waals surface area contributed by atoms with Crippen molar-refractivity contribution in [2.24, 2.45) is 0 Å². The molecule has 110 valence electrons. The van der Waals surface area contributed by atoms with Crippen LogP contribution in [-0.2, 0) is 0 Å². The van der Waals surface area contributed by atoms with Gasteiger partial charge < -0.3 is 9.73 Å². The van der Waals surface area contributed by atoms with Gasteiger partial charge in [0.05, 0.1) is 6.04 Å². The Bertz CT molecular complexity index is 389. The molecule has 0 spiro atoms. The summed E-state index contributed by atoms with van der Waals surface area (Å²) in [6, 6.07) is 4.05. The molecular formula is C13H21Cl3N2O. The Morgan fingerprint density at radius 3 is 2.53 bits per heavy atom. The van der Waals surface area contributed by atoms with E-state index in [0.29, 0.717) is 5.22 Å². The lowest BCUT2D eigenvalue weighted by molar-refractivity contribution is 0.153. The summed E-state index contributed by atoms with van der Waals surface area (Å²) in [5.74, 6) is 0.944. The summed E-state index contributed by atoms with van der Waals surface area (Å²) in [7, 11) is 0. The first-order valence-corrected chi connectivity index (χ1v) is 6.39. The maximum absolute atomic E-state index is 5.86. The van der Waals surface area contributed by atoms with Crippen LogP contribution in [0.2, 0.25) is 5.22 Å². The van der Waals surface area contributed by atoms with Gasteiger partial charge in [0, 0.05) is 26.2 Å². The van der Waals surface area contributed by atoms with Crippen LogP contribution < -0.4 is 5.32 Å². The maximum Gasteiger partial charge on any atom is 0.193 e. The van der Waals surface area contributed by atoms with E-state index in [0.717, 1.165) is 38.4 Å². The highest BCUT2D eigenvalue weighted by Crippen LogP contribution is 2.30. The molecule has 1 saturated heterocycles. The van der Waals surface area contributed by atoms with Crippen LogP contribution in [0, 0.1) is 0 Å². The van der Waals surface area contributed by atoms with E-state index in [1.807, 2.05) is 12.1 Å². The molecule has 0 aromatic carbocycles. The molecule has 0 amide bonds. The normalized spacial score (nSPS) is 17.2. The molecule has 1 N–H and O–H groups in total. The minimum atomic E-state index is 0. The second-order valence-corrected chi connectivity index (χ2v) is 4.98. The van der Waals surface area contributed by atoms with Crippen molar-refractivity contribution in [1.29, 1.82) is 0 Å². The summed E-state index contributed by atoms with van der Waals surface area (Å²) in [6.45, 7) is 10.2. The predicted molar refractivity (Wildman–Crippen MR) is 84.8 cm³/mol. The molecular weight excluding hydrogens is 307 g/mol. The number of nitrogens with one attached hydrogen (secondary N) is 1. The number of furan rings is 1. The predicted octanol–water partition coefficient (Wildman–Crippen LogP) is 3.69. The standard InChI is InChI=1S/C13H19ClN2O.2ClH/c1-10(2)9-11(12-3-4-13(14)17-12)16-7-5-15-6-8-16;;/h3-4,11,15H,1,5-9H2,2H3;2*1H/t11-;;/m1../s1. The highest BCUT2D eigenvalue weighted by atomic mass is 35.5. The topological polar surface area (TPSA) is 28.4 Å². The van der Waals surface area contributed by atoms with E-state index in [4.69, 9.17) is 16.0 Å². The van der Waals surface area contributed by atoms with Gasteiger partial charge in [0.1, 0.15) is 5.76 Å². The third-order valence-corrected chi connectivity index (χ3v) is 3.26. The van der Waals surface area contributed by atoms with Crippen molar-refractivity contribution in [3.05, 3.63) is 35.3 Å². The van der Waals surface area contributed by atoms with Gasteiger partial charge in [-0.05, 0) is 37.1 Å². The molecule has 1 aliphatic rings. The molecule has 0 unspecified atom stereocenters. The van der Waals surface area contributed by atoms with Crippen molar-refractivity contribution >= 4 is 36.4 Å². The van der Waals surface area contributed by atoms with Crippen molar-refractivity contribution in [2.75, 3.05) is 26.2 Å². The van der Waals surface area contributed by atoms with Crippen LogP contribution in [0.25, 0.3) is 0 Å². The Labute approximate surface area is 132 Å². The number of nitrogens with zero attached hydrogens (tertiary/aromatic N) is 1. The Kier molecular flexibility index (Phi) is 8.79. The van der Waals surface area contributed by atoms with Crippen LogP contribution in [0.1, 0.15) is 25.1 Å². The first kappa shape index (κ1) is 18.8. The molecule has 1 aliphatic heterocycles. The molecule has 2 heterocycles. The lowest BCUT2D eigenvalue weighted by Crippen LogP contribution is -2.45. The molecule has 0 radical (unpaired) electrons. The number of halogens is 3. The Morgan fingerprint density at radius 1 is 1.42 bits per heavy atom. The summed E-state index contributed by atoms with van der Waals surface area (Å²) in [4.78, 5) is 2.43. The van der Waals surface area contributed by atoms with Crippen LogP contribution in [0.5, 0.6) is 0 Å². The van der Waals surface area contributed by atoms with E-state index in [9.17, 15) is 0 Å². The lowest BCUT2D eigenvalue weighted by atomic mass is 10.0. The highest BCUT2D eigenvalue weighted by molar-refractivity contribution is 6.28. The van der Waals surface area contributed by atoms with Crippen LogP contribution in [0.15, 0.2) is 28.7 Å². The van der Waals surface area contributed by atoms with E-state index < -0.39 is 0 Å².